The Hall–Kier alpha value is -7.34. The highest BCUT2D eigenvalue weighted by Gasteiger charge is 2.24. The van der Waals surface area contributed by atoms with Crippen molar-refractivity contribution in [3.8, 4) is 0 Å². The molecule has 6 heterocycles. The highest BCUT2D eigenvalue weighted by atomic mass is 19.2. The van der Waals surface area contributed by atoms with Gasteiger partial charge >= 0.3 is 0 Å². The lowest BCUT2D eigenvalue weighted by Gasteiger charge is -2.18. The molecule has 0 N–H and O–H groups in total. The van der Waals surface area contributed by atoms with Crippen LogP contribution in [0.25, 0.3) is 120 Å². The van der Waals surface area contributed by atoms with Gasteiger partial charge in [0, 0.05) is 43.1 Å². The monoisotopic (exact) mass is 710 g/mol. The van der Waals surface area contributed by atoms with Gasteiger partial charge in [-0.15, -0.1) is 0 Å². The van der Waals surface area contributed by atoms with Gasteiger partial charge in [-0.05, 0) is 93.0 Å². The SMILES string of the molecule is O=c1c2ccc3c4ccc5c6c(ccc(c7ccc(c2c37)c2nc3cc7cc(F)c(F)nc7cc3n12)c46)c(=O)n1c2cc3nc(F)c(F)cc3cc2nc51. The zero-order valence-corrected chi connectivity index (χ0v) is 27.1. The van der Waals surface area contributed by atoms with E-state index in [9.17, 15) is 27.2 Å². The zero-order valence-electron chi connectivity index (χ0n) is 27.1. The molecule has 0 amide bonds. The predicted octanol–water partition coefficient (Wildman–Crippen LogP) is 8.89. The normalized spacial score (nSPS) is 13.0. The summed E-state index contributed by atoms with van der Waals surface area (Å²) in [6.07, 6.45) is 0. The summed E-state index contributed by atoms with van der Waals surface area (Å²) in [5, 5.41) is 9.87. The number of rotatable bonds is 0. The lowest BCUT2D eigenvalue weighted by molar-refractivity contribution is 0.484. The van der Waals surface area contributed by atoms with Crippen LogP contribution >= 0.6 is 0 Å². The maximum Gasteiger partial charge on any atom is 0.264 e. The van der Waals surface area contributed by atoms with Crippen LogP contribution in [-0.4, -0.2) is 28.7 Å². The van der Waals surface area contributed by atoms with Gasteiger partial charge in [0.05, 0.1) is 33.1 Å². The molecule has 0 aliphatic heterocycles. The summed E-state index contributed by atoms with van der Waals surface area (Å²) in [4.78, 5) is 45.9. The maximum absolute atomic E-state index is 14.3. The molecule has 12 heteroatoms. The molecule has 0 aliphatic carbocycles. The van der Waals surface area contributed by atoms with E-state index in [2.05, 4.69) is 9.97 Å². The Balaban J connectivity index is 1.16. The Bertz CT molecular complexity index is 3780. The molecular weight excluding hydrogens is 696 g/mol. The molecule has 0 atom stereocenters. The average molecular weight is 711 g/mol. The number of benzene rings is 7. The molecule has 0 radical (unpaired) electrons. The number of hydrogen-bond acceptors (Lipinski definition) is 6. The molecule has 0 saturated heterocycles. The average Bonchev–Trinajstić information content (AvgIpc) is 3.73. The van der Waals surface area contributed by atoms with E-state index in [0.717, 1.165) is 66.0 Å². The Morgan fingerprint density at radius 2 is 0.741 bits per heavy atom. The Kier molecular flexibility index (Phi) is 4.71. The van der Waals surface area contributed by atoms with Gasteiger partial charge < -0.3 is 0 Å². The van der Waals surface area contributed by atoms with Crippen molar-refractivity contribution in [1.82, 2.24) is 28.7 Å². The van der Waals surface area contributed by atoms with Crippen LogP contribution in [0.4, 0.5) is 17.6 Å². The van der Waals surface area contributed by atoms with Crippen molar-refractivity contribution < 1.29 is 17.6 Å². The van der Waals surface area contributed by atoms with Crippen LogP contribution in [-0.2, 0) is 0 Å². The minimum atomic E-state index is -1.22. The first-order chi connectivity index (χ1) is 26.2. The van der Waals surface area contributed by atoms with Crippen molar-refractivity contribution in [2.45, 2.75) is 0 Å². The number of aromatic nitrogens is 6. The van der Waals surface area contributed by atoms with Crippen molar-refractivity contribution >= 4 is 120 Å². The summed E-state index contributed by atoms with van der Waals surface area (Å²) in [5.74, 6) is -4.58. The van der Waals surface area contributed by atoms with Gasteiger partial charge in [0.25, 0.3) is 11.1 Å². The lowest BCUT2D eigenvalue weighted by Crippen LogP contribution is -2.14. The van der Waals surface area contributed by atoms with Crippen molar-refractivity contribution in [2.75, 3.05) is 0 Å². The molecule has 7 aromatic carbocycles. The van der Waals surface area contributed by atoms with Crippen LogP contribution in [0.1, 0.15) is 0 Å². The number of hydrogen-bond donors (Lipinski definition) is 0. The largest absolute Gasteiger partial charge is 0.268 e. The summed E-state index contributed by atoms with van der Waals surface area (Å²) in [7, 11) is 0. The Morgan fingerprint density at radius 1 is 0.389 bits per heavy atom. The number of imidazole rings is 2. The van der Waals surface area contributed by atoms with Crippen LogP contribution in [0, 0.1) is 23.5 Å². The number of nitrogens with zero attached hydrogens (tertiary/aromatic N) is 6. The molecule has 13 rings (SSSR count). The van der Waals surface area contributed by atoms with Crippen molar-refractivity contribution in [2.24, 2.45) is 0 Å². The molecule has 252 valence electrons. The van der Waals surface area contributed by atoms with E-state index < -0.39 is 23.5 Å². The smallest absolute Gasteiger partial charge is 0.264 e. The third-order valence-corrected chi connectivity index (χ3v) is 11.3. The summed E-state index contributed by atoms with van der Waals surface area (Å²) in [5.41, 5.74) is 2.38. The Morgan fingerprint density at radius 3 is 1.15 bits per heavy atom. The fraction of sp³-hybridized carbons (Fsp3) is 0. The molecule has 13 aromatic rings. The highest BCUT2D eigenvalue weighted by Crippen LogP contribution is 2.46. The standard InChI is InChI=1S/C42H14F4N6O2/c43-25-9-15-11-29-31(13-27(15)47-37(25)45)51-39(49-29)21-5-1-17-19-3-7-24-36-22(6-2-18(34(19)36)20-4-8-23(41(51)53)35(21)33(17)20)40-50-30-12-16-10-26(44)38(46)48-28(16)14-32(30)52(40)42(24)54/h1-14H. The first kappa shape index (κ1) is 28.3. The molecule has 0 unspecified atom stereocenters. The minimum Gasteiger partial charge on any atom is -0.268 e. The van der Waals surface area contributed by atoms with E-state index >= 15 is 0 Å². The topological polar surface area (TPSA) is 94.5 Å². The number of pyridine rings is 4. The van der Waals surface area contributed by atoms with Crippen molar-refractivity contribution in [3.63, 3.8) is 0 Å². The van der Waals surface area contributed by atoms with Crippen LogP contribution in [0.15, 0.2) is 94.5 Å². The van der Waals surface area contributed by atoms with Crippen LogP contribution in [0.5, 0.6) is 0 Å². The van der Waals surface area contributed by atoms with Gasteiger partial charge in [0.1, 0.15) is 11.3 Å². The number of fused-ring (bicyclic) bond motifs is 12. The lowest BCUT2D eigenvalue weighted by atomic mass is 9.86. The summed E-state index contributed by atoms with van der Waals surface area (Å²) < 4.78 is 59.3. The van der Waals surface area contributed by atoms with E-state index in [4.69, 9.17) is 9.97 Å². The van der Waals surface area contributed by atoms with Crippen LogP contribution < -0.4 is 11.1 Å². The molecule has 0 fully saturated rings. The molecular formula is C42H14F4N6O2. The minimum absolute atomic E-state index is 0.204. The fourth-order valence-corrected chi connectivity index (χ4v) is 9.02. The van der Waals surface area contributed by atoms with Crippen molar-refractivity contribution in [1.29, 1.82) is 0 Å². The second-order valence-corrected chi connectivity index (χ2v) is 13.9. The molecule has 0 bridgehead atoms. The first-order valence-electron chi connectivity index (χ1n) is 16.9. The van der Waals surface area contributed by atoms with Gasteiger partial charge in [0.15, 0.2) is 11.6 Å². The van der Waals surface area contributed by atoms with Crippen LogP contribution in [0.3, 0.4) is 0 Å². The van der Waals surface area contributed by atoms with E-state index in [1.165, 1.54) is 8.80 Å². The molecule has 6 aromatic heterocycles. The third-order valence-electron chi connectivity index (χ3n) is 11.3. The van der Waals surface area contributed by atoms with Gasteiger partial charge in [-0.2, -0.15) is 8.78 Å². The fourth-order valence-electron chi connectivity index (χ4n) is 9.02. The van der Waals surface area contributed by atoms with Crippen molar-refractivity contribution in [3.05, 3.63) is 129 Å². The summed E-state index contributed by atoms with van der Waals surface area (Å²) in [6.45, 7) is 0. The summed E-state index contributed by atoms with van der Waals surface area (Å²) >= 11 is 0. The van der Waals surface area contributed by atoms with Gasteiger partial charge in [-0.25, -0.2) is 28.7 Å². The maximum atomic E-state index is 14.3. The highest BCUT2D eigenvalue weighted by molar-refractivity contribution is 6.40. The molecule has 0 spiro atoms. The van der Waals surface area contributed by atoms with E-state index in [0.29, 0.717) is 54.9 Å². The summed E-state index contributed by atoms with van der Waals surface area (Å²) in [6, 6.07) is 23.8. The van der Waals surface area contributed by atoms with E-state index in [1.807, 2.05) is 36.4 Å². The molecule has 0 saturated carbocycles. The quantitative estimate of drug-likeness (QED) is 0.0676. The van der Waals surface area contributed by atoms with Crippen LogP contribution in [0.2, 0.25) is 0 Å². The zero-order chi connectivity index (χ0) is 36.0. The van der Waals surface area contributed by atoms with E-state index in [1.54, 1.807) is 36.4 Å². The first-order valence-corrected chi connectivity index (χ1v) is 16.9. The molecule has 54 heavy (non-hydrogen) atoms. The second kappa shape index (κ2) is 8.99. The van der Waals surface area contributed by atoms with E-state index in [-0.39, 0.29) is 22.2 Å². The van der Waals surface area contributed by atoms with Gasteiger partial charge in [-0.3, -0.25) is 18.4 Å². The number of halogens is 4. The third kappa shape index (κ3) is 3.14. The van der Waals surface area contributed by atoms with Gasteiger partial charge in [0.2, 0.25) is 11.9 Å². The predicted molar refractivity (Wildman–Crippen MR) is 201 cm³/mol. The van der Waals surface area contributed by atoms with Gasteiger partial charge in [-0.1, -0.05) is 24.3 Å². The second-order valence-electron chi connectivity index (χ2n) is 13.9. The molecule has 8 nitrogen and oxygen atoms in total. The molecule has 0 aliphatic rings. The Labute approximate surface area is 294 Å².